The molecule has 5 aromatic rings. The zero-order valence-electron chi connectivity index (χ0n) is 27.2. The minimum Gasteiger partial charge on any atom is -0.389 e. The van der Waals surface area contributed by atoms with E-state index in [4.69, 9.17) is 18.9 Å². The Bertz CT molecular complexity index is 1590. The van der Waals surface area contributed by atoms with E-state index in [9.17, 15) is 5.11 Å². The lowest BCUT2D eigenvalue weighted by molar-refractivity contribution is -0.250. The van der Waals surface area contributed by atoms with Crippen LogP contribution in [0, 0.1) is 0 Å². The van der Waals surface area contributed by atoms with Crippen LogP contribution in [0.3, 0.4) is 0 Å². The Balaban J connectivity index is 1.32. The summed E-state index contributed by atoms with van der Waals surface area (Å²) in [5.74, 6) is 0. The van der Waals surface area contributed by atoms with Crippen molar-refractivity contribution in [3.63, 3.8) is 0 Å². The molecule has 0 bridgehead atoms. The Hall–Kier alpha value is -4.14. The van der Waals surface area contributed by atoms with Crippen LogP contribution in [0.15, 0.2) is 152 Å². The molecule has 1 fully saturated rings. The van der Waals surface area contributed by atoms with Gasteiger partial charge in [0.2, 0.25) is 0 Å². The molecule has 0 radical (unpaired) electrons. The second-order valence-electron chi connectivity index (χ2n) is 12.3. The molecular formula is C42H45NO5. The minimum atomic E-state index is -0.942. The molecule has 2 N–H and O–H groups in total. The average Bonchev–Trinajstić information content (AvgIpc) is 3.15. The first-order chi connectivity index (χ1) is 23.7. The van der Waals surface area contributed by atoms with E-state index in [0.29, 0.717) is 33.0 Å². The fourth-order valence-corrected chi connectivity index (χ4v) is 6.27. The Morgan fingerprint density at radius 1 is 0.396 bits per heavy atom. The molecule has 6 atom stereocenters. The number of aliphatic hydroxyl groups excluding tert-OH is 1. The van der Waals surface area contributed by atoms with Gasteiger partial charge in [-0.25, -0.2) is 0 Å². The third kappa shape index (κ3) is 9.48. The molecule has 1 aliphatic rings. The van der Waals surface area contributed by atoms with Crippen LogP contribution in [0.4, 0.5) is 0 Å². The summed E-state index contributed by atoms with van der Waals surface area (Å²) in [5, 5.41) is 15.9. The van der Waals surface area contributed by atoms with Crippen LogP contribution in [-0.4, -0.2) is 48.2 Å². The molecule has 0 aromatic heterocycles. The predicted octanol–water partition coefficient (Wildman–Crippen LogP) is 6.90. The van der Waals surface area contributed by atoms with Gasteiger partial charge in [0.05, 0.1) is 32.5 Å². The monoisotopic (exact) mass is 643 g/mol. The highest BCUT2D eigenvalue weighted by molar-refractivity contribution is 5.19. The number of benzene rings is 5. The molecule has 248 valence electrons. The van der Waals surface area contributed by atoms with Gasteiger partial charge in [0.1, 0.15) is 30.5 Å². The Morgan fingerprint density at radius 3 is 1.10 bits per heavy atom. The highest BCUT2D eigenvalue weighted by Gasteiger charge is 2.53. The van der Waals surface area contributed by atoms with Gasteiger partial charge < -0.3 is 29.4 Å². The lowest BCUT2D eigenvalue weighted by Gasteiger charge is -2.49. The summed E-state index contributed by atoms with van der Waals surface area (Å²) in [7, 11) is 0. The van der Waals surface area contributed by atoms with Crippen molar-refractivity contribution in [3.8, 4) is 0 Å². The Morgan fingerprint density at radius 2 is 0.708 bits per heavy atom. The molecule has 1 saturated carbocycles. The van der Waals surface area contributed by atoms with Crippen LogP contribution in [0.5, 0.6) is 0 Å². The molecule has 6 nitrogen and oxygen atoms in total. The van der Waals surface area contributed by atoms with Gasteiger partial charge >= 0.3 is 0 Å². The van der Waals surface area contributed by atoms with Crippen molar-refractivity contribution in [3.05, 3.63) is 179 Å². The number of ether oxygens (including phenoxy) is 4. The van der Waals surface area contributed by atoms with E-state index < -0.39 is 36.6 Å². The highest BCUT2D eigenvalue weighted by Crippen LogP contribution is 2.33. The highest BCUT2D eigenvalue weighted by atomic mass is 16.6. The van der Waals surface area contributed by atoms with E-state index in [1.165, 1.54) is 5.56 Å². The first-order valence-electron chi connectivity index (χ1n) is 16.8. The van der Waals surface area contributed by atoms with E-state index in [1.807, 2.05) is 127 Å². The molecule has 6 heteroatoms. The van der Waals surface area contributed by atoms with Crippen LogP contribution < -0.4 is 5.32 Å². The quantitative estimate of drug-likeness (QED) is 0.122. The van der Waals surface area contributed by atoms with Crippen molar-refractivity contribution >= 4 is 0 Å². The van der Waals surface area contributed by atoms with Gasteiger partial charge in [-0.3, -0.25) is 0 Å². The summed E-state index contributed by atoms with van der Waals surface area (Å²) in [6.45, 7) is 2.03. The van der Waals surface area contributed by atoms with Gasteiger partial charge in [0.15, 0.2) is 0 Å². The van der Waals surface area contributed by atoms with Crippen molar-refractivity contribution in [1.82, 2.24) is 5.32 Å². The molecule has 0 aliphatic heterocycles. The fraction of sp³-hybridized carbons (Fsp3) is 0.286. The Labute approximate surface area is 284 Å². The molecular weight excluding hydrogens is 598 g/mol. The molecule has 0 amide bonds. The number of rotatable bonds is 16. The molecule has 48 heavy (non-hydrogen) atoms. The van der Waals surface area contributed by atoms with Gasteiger partial charge in [-0.05, 0) is 40.8 Å². The van der Waals surface area contributed by atoms with Crippen molar-refractivity contribution in [1.29, 1.82) is 0 Å². The zero-order chi connectivity index (χ0) is 32.8. The van der Waals surface area contributed by atoms with E-state index in [1.54, 1.807) is 0 Å². The standard InChI is InChI=1S/C42H45NO5/c44-38-37(43-27-26-32-16-6-1-7-17-32)39(45-28-33-18-8-2-9-19-33)41(47-30-35-22-12-4-13-23-35)42(48-31-36-24-14-5-15-25-36)40(38)46-29-34-20-10-3-11-21-34/h1-25,37-44H,26-31H2/t37-,38-,39+,40+,41-,42-/m1/s1. The number of hydrogen-bond donors (Lipinski definition) is 2. The topological polar surface area (TPSA) is 69.2 Å². The van der Waals surface area contributed by atoms with E-state index in [2.05, 4.69) is 29.6 Å². The SMILES string of the molecule is O[C@@H]1[C@@H](NCCc2ccccc2)[C@H](OCc2ccccc2)[C@@H](OCc2ccccc2)[C@H](OCc2ccccc2)[C@H]1OCc1ccccc1. The summed E-state index contributed by atoms with van der Waals surface area (Å²) >= 11 is 0. The van der Waals surface area contributed by atoms with E-state index in [-0.39, 0.29) is 0 Å². The van der Waals surface area contributed by atoms with Crippen molar-refractivity contribution in [2.24, 2.45) is 0 Å². The summed E-state index contributed by atoms with van der Waals surface area (Å²) in [4.78, 5) is 0. The first kappa shape index (κ1) is 33.7. The smallest absolute Gasteiger partial charge is 0.115 e. The van der Waals surface area contributed by atoms with E-state index >= 15 is 0 Å². The van der Waals surface area contributed by atoms with Gasteiger partial charge in [-0.15, -0.1) is 0 Å². The molecule has 5 aromatic carbocycles. The van der Waals surface area contributed by atoms with Gasteiger partial charge in [-0.1, -0.05) is 152 Å². The molecule has 0 spiro atoms. The predicted molar refractivity (Wildman–Crippen MR) is 188 cm³/mol. The molecule has 1 aliphatic carbocycles. The van der Waals surface area contributed by atoms with Crippen LogP contribution in [0.2, 0.25) is 0 Å². The summed E-state index contributed by atoms with van der Waals surface area (Å²) in [6.07, 6.45) is -2.56. The maximum atomic E-state index is 12.2. The molecule has 0 saturated heterocycles. The molecule has 0 heterocycles. The average molecular weight is 644 g/mol. The Kier molecular flexibility index (Phi) is 12.6. The third-order valence-corrected chi connectivity index (χ3v) is 8.81. The zero-order valence-corrected chi connectivity index (χ0v) is 27.2. The normalized spacial score (nSPS) is 22.4. The summed E-state index contributed by atoms with van der Waals surface area (Å²) in [6, 6.07) is 50.2. The third-order valence-electron chi connectivity index (χ3n) is 8.81. The number of nitrogens with one attached hydrogen (secondary N) is 1. The van der Waals surface area contributed by atoms with Crippen LogP contribution >= 0.6 is 0 Å². The second-order valence-corrected chi connectivity index (χ2v) is 12.3. The lowest BCUT2D eigenvalue weighted by Crippen LogP contribution is -2.69. The minimum absolute atomic E-state index is 0.325. The van der Waals surface area contributed by atoms with E-state index in [0.717, 1.165) is 28.7 Å². The lowest BCUT2D eigenvalue weighted by atomic mass is 9.82. The second kappa shape index (κ2) is 17.9. The number of aliphatic hydroxyl groups is 1. The summed E-state index contributed by atoms with van der Waals surface area (Å²) < 4.78 is 26.9. The summed E-state index contributed by atoms with van der Waals surface area (Å²) in [5.41, 5.74) is 5.35. The van der Waals surface area contributed by atoms with Gasteiger partial charge in [0.25, 0.3) is 0 Å². The molecule has 0 unspecified atom stereocenters. The van der Waals surface area contributed by atoms with Crippen LogP contribution in [0.1, 0.15) is 27.8 Å². The largest absolute Gasteiger partial charge is 0.389 e. The van der Waals surface area contributed by atoms with Crippen molar-refractivity contribution in [2.45, 2.75) is 69.4 Å². The maximum absolute atomic E-state index is 12.2. The fourth-order valence-electron chi connectivity index (χ4n) is 6.27. The number of hydrogen-bond acceptors (Lipinski definition) is 6. The van der Waals surface area contributed by atoms with Crippen molar-refractivity contribution in [2.75, 3.05) is 6.54 Å². The van der Waals surface area contributed by atoms with Gasteiger partial charge in [0, 0.05) is 0 Å². The molecule has 6 rings (SSSR count). The van der Waals surface area contributed by atoms with Gasteiger partial charge in [-0.2, -0.15) is 0 Å². The van der Waals surface area contributed by atoms with Crippen LogP contribution in [0.25, 0.3) is 0 Å². The maximum Gasteiger partial charge on any atom is 0.115 e. The van der Waals surface area contributed by atoms with Crippen molar-refractivity contribution < 1.29 is 24.1 Å². The van der Waals surface area contributed by atoms with Crippen LogP contribution in [-0.2, 0) is 51.8 Å². The first-order valence-corrected chi connectivity index (χ1v) is 16.8.